The number of ether oxygens (including phenoxy) is 3. The maximum absolute atomic E-state index is 12.3. The predicted octanol–water partition coefficient (Wildman–Crippen LogP) is 2.89. The van der Waals surface area contributed by atoms with Gasteiger partial charge < -0.3 is 19.5 Å². The molecule has 0 aliphatic rings. The van der Waals surface area contributed by atoms with E-state index in [-0.39, 0.29) is 12.5 Å². The van der Waals surface area contributed by atoms with Crippen LogP contribution in [-0.4, -0.2) is 32.2 Å². The lowest BCUT2D eigenvalue weighted by Gasteiger charge is -2.09. The first-order chi connectivity index (χ1) is 11.6. The highest BCUT2D eigenvalue weighted by Gasteiger charge is 2.08. The molecule has 0 radical (unpaired) electrons. The molecule has 0 saturated carbocycles. The molecule has 0 atom stereocenters. The van der Waals surface area contributed by atoms with E-state index in [1.54, 1.807) is 62.6 Å². The second-order valence-electron chi connectivity index (χ2n) is 4.81. The molecule has 6 heteroatoms. The van der Waals surface area contributed by atoms with Gasteiger partial charge in [-0.1, -0.05) is 12.1 Å². The van der Waals surface area contributed by atoms with Crippen LogP contribution in [0.2, 0.25) is 0 Å². The topological polar surface area (TPSA) is 73.9 Å². The Bertz CT molecular complexity index is 714. The van der Waals surface area contributed by atoms with E-state index >= 15 is 0 Å². The summed E-state index contributed by atoms with van der Waals surface area (Å²) in [7, 11) is 1.54. The third-order valence-corrected chi connectivity index (χ3v) is 3.09. The Kier molecular flexibility index (Phi) is 6.19. The van der Waals surface area contributed by atoms with Crippen molar-refractivity contribution in [3.63, 3.8) is 0 Å². The van der Waals surface area contributed by atoms with Crippen LogP contribution in [0, 0.1) is 0 Å². The molecule has 2 aromatic rings. The van der Waals surface area contributed by atoms with Crippen LogP contribution in [0.1, 0.15) is 17.3 Å². The molecule has 2 rings (SSSR count). The summed E-state index contributed by atoms with van der Waals surface area (Å²) in [5, 5.41) is 2.77. The lowest BCUT2D eigenvalue weighted by molar-refractivity contribution is -0.145. The van der Waals surface area contributed by atoms with Gasteiger partial charge in [0.05, 0.1) is 13.7 Å². The van der Waals surface area contributed by atoms with Crippen molar-refractivity contribution in [1.29, 1.82) is 0 Å². The Morgan fingerprint density at radius 2 is 1.79 bits per heavy atom. The van der Waals surface area contributed by atoms with Crippen LogP contribution < -0.4 is 14.8 Å². The summed E-state index contributed by atoms with van der Waals surface area (Å²) < 4.78 is 15.2. The number of benzene rings is 2. The van der Waals surface area contributed by atoms with E-state index in [9.17, 15) is 9.59 Å². The van der Waals surface area contributed by atoms with E-state index in [1.165, 1.54) is 0 Å². The fourth-order valence-electron chi connectivity index (χ4n) is 1.98. The van der Waals surface area contributed by atoms with Crippen LogP contribution in [0.4, 0.5) is 5.69 Å². The molecule has 1 N–H and O–H groups in total. The molecule has 0 unspecified atom stereocenters. The Labute approximate surface area is 140 Å². The molecule has 0 aliphatic carbocycles. The van der Waals surface area contributed by atoms with E-state index in [4.69, 9.17) is 14.2 Å². The number of carbonyl (C=O) groups excluding carboxylic acids is 2. The van der Waals surface area contributed by atoms with Crippen molar-refractivity contribution in [3.8, 4) is 11.5 Å². The van der Waals surface area contributed by atoms with Gasteiger partial charge in [-0.25, -0.2) is 4.79 Å². The number of hydrogen-bond acceptors (Lipinski definition) is 5. The van der Waals surface area contributed by atoms with Gasteiger partial charge in [0.15, 0.2) is 6.61 Å². The second-order valence-corrected chi connectivity index (χ2v) is 4.81. The number of hydrogen-bond donors (Lipinski definition) is 1. The van der Waals surface area contributed by atoms with Gasteiger partial charge in [0.25, 0.3) is 5.91 Å². The van der Waals surface area contributed by atoms with Crippen LogP contribution in [-0.2, 0) is 9.53 Å². The van der Waals surface area contributed by atoms with Crippen LogP contribution >= 0.6 is 0 Å². The van der Waals surface area contributed by atoms with Crippen molar-refractivity contribution >= 4 is 17.6 Å². The van der Waals surface area contributed by atoms with Crippen molar-refractivity contribution in [2.24, 2.45) is 0 Å². The lowest BCUT2D eigenvalue weighted by Crippen LogP contribution is -2.15. The van der Waals surface area contributed by atoms with Crippen molar-refractivity contribution in [3.05, 3.63) is 54.1 Å². The van der Waals surface area contributed by atoms with E-state index in [0.717, 1.165) is 0 Å². The number of amides is 1. The van der Waals surface area contributed by atoms with E-state index in [0.29, 0.717) is 29.4 Å². The summed E-state index contributed by atoms with van der Waals surface area (Å²) in [4.78, 5) is 23.6. The molecule has 24 heavy (non-hydrogen) atoms. The number of methoxy groups -OCH3 is 1. The quantitative estimate of drug-likeness (QED) is 0.791. The predicted molar refractivity (Wildman–Crippen MR) is 89.5 cm³/mol. The minimum atomic E-state index is -0.441. The molecule has 0 spiro atoms. The summed E-state index contributed by atoms with van der Waals surface area (Å²) >= 11 is 0. The normalized spacial score (nSPS) is 9.92. The first-order valence-electron chi connectivity index (χ1n) is 7.46. The van der Waals surface area contributed by atoms with Crippen molar-refractivity contribution in [2.45, 2.75) is 6.92 Å². The van der Waals surface area contributed by atoms with Gasteiger partial charge in [0.2, 0.25) is 0 Å². The smallest absolute Gasteiger partial charge is 0.344 e. The van der Waals surface area contributed by atoms with Crippen molar-refractivity contribution in [1.82, 2.24) is 0 Å². The Hall–Kier alpha value is -3.02. The molecule has 0 aliphatic heterocycles. The van der Waals surface area contributed by atoms with E-state index < -0.39 is 5.97 Å². The average molecular weight is 329 g/mol. The number of carbonyl (C=O) groups is 2. The Morgan fingerprint density at radius 1 is 1.04 bits per heavy atom. The number of esters is 1. The van der Waals surface area contributed by atoms with Gasteiger partial charge in [-0.2, -0.15) is 0 Å². The summed E-state index contributed by atoms with van der Waals surface area (Å²) in [5.74, 6) is 0.362. The molecule has 2 aromatic carbocycles. The van der Waals surface area contributed by atoms with Crippen molar-refractivity contribution < 1.29 is 23.8 Å². The monoisotopic (exact) mass is 329 g/mol. The lowest BCUT2D eigenvalue weighted by atomic mass is 10.2. The van der Waals surface area contributed by atoms with Crippen molar-refractivity contribution in [2.75, 3.05) is 25.6 Å². The molecule has 0 saturated heterocycles. The molecular formula is C18H19NO5. The highest BCUT2D eigenvalue weighted by Crippen LogP contribution is 2.19. The molecule has 0 aromatic heterocycles. The summed E-state index contributed by atoms with van der Waals surface area (Å²) in [5.41, 5.74) is 1.04. The van der Waals surface area contributed by atoms with E-state index in [2.05, 4.69) is 5.32 Å². The second kappa shape index (κ2) is 8.57. The highest BCUT2D eigenvalue weighted by atomic mass is 16.6. The van der Waals surface area contributed by atoms with Crippen LogP contribution in [0.15, 0.2) is 48.5 Å². The zero-order chi connectivity index (χ0) is 17.4. The number of rotatable bonds is 7. The van der Waals surface area contributed by atoms with Gasteiger partial charge >= 0.3 is 5.97 Å². The molecule has 0 bridgehead atoms. The van der Waals surface area contributed by atoms with Gasteiger partial charge in [-0.3, -0.25) is 4.79 Å². The third-order valence-electron chi connectivity index (χ3n) is 3.09. The SMILES string of the molecule is CCOC(=O)COc1cccc(NC(=O)c2cccc(OC)c2)c1. The average Bonchev–Trinajstić information content (AvgIpc) is 2.60. The molecular weight excluding hydrogens is 310 g/mol. The van der Waals surface area contributed by atoms with E-state index in [1.807, 2.05) is 0 Å². The number of anilines is 1. The maximum atomic E-state index is 12.3. The molecule has 6 nitrogen and oxygen atoms in total. The standard InChI is InChI=1S/C18H19NO5/c1-3-23-17(20)12-24-16-9-5-7-14(11-16)19-18(21)13-6-4-8-15(10-13)22-2/h4-11H,3,12H2,1-2H3,(H,19,21). The minimum absolute atomic E-state index is 0.179. The van der Waals surface area contributed by atoms with Gasteiger partial charge in [-0.05, 0) is 37.3 Å². The maximum Gasteiger partial charge on any atom is 0.344 e. The highest BCUT2D eigenvalue weighted by molar-refractivity contribution is 6.04. The molecule has 0 fully saturated rings. The van der Waals surface area contributed by atoms with Gasteiger partial charge in [0, 0.05) is 17.3 Å². The minimum Gasteiger partial charge on any atom is -0.497 e. The Morgan fingerprint density at radius 3 is 2.54 bits per heavy atom. The fraction of sp³-hybridized carbons (Fsp3) is 0.222. The third kappa shape index (κ3) is 5.01. The summed E-state index contributed by atoms with van der Waals surface area (Å²) in [6.45, 7) is 1.85. The first kappa shape index (κ1) is 17.3. The van der Waals surface area contributed by atoms with Crippen LogP contribution in [0.3, 0.4) is 0 Å². The summed E-state index contributed by atoms with van der Waals surface area (Å²) in [6, 6.07) is 13.6. The molecule has 1 amide bonds. The molecule has 126 valence electrons. The molecule has 0 heterocycles. The zero-order valence-electron chi connectivity index (χ0n) is 13.6. The van der Waals surface area contributed by atoms with Gasteiger partial charge in [0.1, 0.15) is 11.5 Å². The van der Waals surface area contributed by atoms with Crippen LogP contribution in [0.25, 0.3) is 0 Å². The zero-order valence-corrected chi connectivity index (χ0v) is 13.6. The largest absolute Gasteiger partial charge is 0.497 e. The van der Waals surface area contributed by atoms with Crippen LogP contribution in [0.5, 0.6) is 11.5 Å². The Balaban J connectivity index is 2.00. The van der Waals surface area contributed by atoms with Gasteiger partial charge in [-0.15, -0.1) is 0 Å². The summed E-state index contributed by atoms with van der Waals surface area (Å²) in [6.07, 6.45) is 0. The fourth-order valence-corrected chi connectivity index (χ4v) is 1.98. The first-order valence-corrected chi connectivity index (χ1v) is 7.46. The number of nitrogens with one attached hydrogen (secondary N) is 1.